The third-order valence-corrected chi connectivity index (χ3v) is 2.71. The summed E-state index contributed by atoms with van der Waals surface area (Å²) in [5, 5.41) is 2.46. The predicted octanol–water partition coefficient (Wildman–Crippen LogP) is -2.54. The van der Waals surface area contributed by atoms with Crippen molar-refractivity contribution in [2.24, 2.45) is 0 Å². The fourth-order valence-corrected chi connectivity index (χ4v) is 1.45. The normalized spacial score (nSPS) is 10.4. The molecule has 5 nitrogen and oxygen atoms in total. The van der Waals surface area contributed by atoms with Gasteiger partial charge in [-0.15, -0.1) is 0 Å². The Labute approximate surface area is 142 Å². The van der Waals surface area contributed by atoms with E-state index in [1.807, 2.05) is 0 Å². The molecular weight excluding hydrogens is 277 g/mol. The molecule has 0 aromatic heterocycles. The molecular formula is C8H8KNO4S2. The fraction of sp³-hybridized carbons (Fsp3) is 0.125. The van der Waals surface area contributed by atoms with Crippen LogP contribution >= 0.6 is 12.6 Å². The fourth-order valence-electron chi connectivity index (χ4n) is 0.905. The Kier molecular flexibility index (Phi) is 7.38. The summed E-state index contributed by atoms with van der Waals surface area (Å²) >= 11 is 3.75. The van der Waals surface area contributed by atoms with E-state index < -0.39 is 10.1 Å². The Morgan fingerprint density at radius 3 is 2.19 bits per heavy atom. The third kappa shape index (κ3) is 5.28. The number of amides is 1. The number of carbonyl (C=O) groups excluding carboxylic acids is 1. The first-order valence-corrected chi connectivity index (χ1v) is 5.94. The molecule has 0 aliphatic carbocycles. The standard InChI is InChI=1S/C8H9NO4S2.K/c10-8(5-14)9-6-1-3-7(4-2-6)15(11,12)13;/h1-4,14H,5H2,(H,9,10)(H,11,12,13);/q;+1/p-1. The van der Waals surface area contributed by atoms with Gasteiger partial charge in [0, 0.05) is 5.69 Å². The molecule has 0 unspecified atom stereocenters. The molecule has 0 fully saturated rings. The van der Waals surface area contributed by atoms with Crippen LogP contribution in [-0.4, -0.2) is 24.6 Å². The van der Waals surface area contributed by atoms with Gasteiger partial charge in [-0.1, -0.05) is 0 Å². The number of hydrogen-bond acceptors (Lipinski definition) is 5. The zero-order valence-electron chi connectivity index (χ0n) is 8.50. The molecule has 0 radical (unpaired) electrons. The van der Waals surface area contributed by atoms with Gasteiger partial charge in [-0.25, -0.2) is 8.42 Å². The molecule has 1 N–H and O–H groups in total. The van der Waals surface area contributed by atoms with Crippen LogP contribution in [0.25, 0.3) is 0 Å². The summed E-state index contributed by atoms with van der Waals surface area (Å²) in [4.78, 5) is 10.6. The van der Waals surface area contributed by atoms with Crippen LogP contribution in [0, 0.1) is 0 Å². The molecule has 8 heteroatoms. The molecule has 1 aromatic rings. The minimum Gasteiger partial charge on any atom is -0.744 e. The molecule has 1 amide bonds. The first kappa shape index (κ1) is 16.6. The van der Waals surface area contributed by atoms with E-state index in [4.69, 9.17) is 0 Å². The number of thiol groups is 1. The number of anilines is 1. The number of carbonyl (C=O) groups is 1. The summed E-state index contributed by atoms with van der Waals surface area (Å²) in [5.74, 6) is -0.280. The zero-order valence-corrected chi connectivity index (χ0v) is 13.3. The van der Waals surface area contributed by atoms with Gasteiger partial charge in [0.15, 0.2) is 0 Å². The maximum atomic E-state index is 10.9. The van der Waals surface area contributed by atoms with Crippen molar-refractivity contribution in [3.05, 3.63) is 24.3 Å². The van der Waals surface area contributed by atoms with E-state index in [2.05, 4.69) is 17.9 Å². The largest absolute Gasteiger partial charge is 1.00 e. The number of nitrogens with one attached hydrogen (secondary N) is 1. The quantitative estimate of drug-likeness (QED) is 0.364. The Hall–Kier alpha value is 0.586. The van der Waals surface area contributed by atoms with Crippen molar-refractivity contribution in [1.29, 1.82) is 0 Å². The van der Waals surface area contributed by atoms with E-state index in [-0.39, 0.29) is 67.9 Å². The van der Waals surface area contributed by atoms with Gasteiger partial charge in [0.1, 0.15) is 10.1 Å². The Bertz CT molecular complexity index is 457. The van der Waals surface area contributed by atoms with E-state index in [9.17, 15) is 17.8 Å². The van der Waals surface area contributed by atoms with Gasteiger partial charge in [-0.05, 0) is 24.3 Å². The maximum Gasteiger partial charge on any atom is 1.00 e. The van der Waals surface area contributed by atoms with Crippen LogP contribution in [0.3, 0.4) is 0 Å². The van der Waals surface area contributed by atoms with E-state index in [0.29, 0.717) is 5.69 Å². The average molecular weight is 285 g/mol. The van der Waals surface area contributed by atoms with Gasteiger partial charge >= 0.3 is 51.4 Å². The number of rotatable bonds is 3. The van der Waals surface area contributed by atoms with Gasteiger partial charge < -0.3 is 9.87 Å². The molecule has 16 heavy (non-hydrogen) atoms. The Balaban J connectivity index is 0.00000225. The summed E-state index contributed by atoms with van der Waals surface area (Å²) in [6.45, 7) is 0. The van der Waals surface area contributed by atoms with Crippen molar-refractivity contribution in [1.82, 2.24) is 0 Å². The van der Waals surface area contributed by atoms with Crippen molar-refractivity contribution < 1.29 is 69.1 Å². The van der Waals surface area contributed by atoms with Gasteiger partial charge in [0.05, 0.1) is 10.6 Å². The molecule has 0 atom stereocenters. The molecule has 0 heterocycles. The summed E-state index contributed by atoms with van der Waals surface area (Å²) in [7, 11) is -4.43. The van der Waals surface area contributed by atoms with Crippen molar-refractivity contribution in [3.8, 4) is 0 Å². The summed E-state index contributed by atoms with van der Waals surface area (Å²) in [5.41, 5.74) is 0.418. The first-order chi connectivity index (χ1) is 6.93. The predicted molar refractivity (Wildman–Crippen MR) is 56.9 cm³/mol. The minimum atomic E-state index is -4.43. The first-order valence-electron chi connectivity index (χ1n) is 3.90. The zero-order chi connectivity index (χ0) is 11.5. The molecule has 0 bridgehead atoms. The van der Waals surface area contributed by atoms with Crippen molar-refractivity contribution in [3.63, 3.8) is 0 Å². The third-order valence-electron chi connectivity index (χ3n) is 1.57. The van der Waals surface area contributed by atoms with Gasteiger partial charge in [-0.2, -0.15) is 12.6 Å². The van der Waals surface area contributed by atoms with E-state index >= 15 is 0 Å². The Morgan fingerprint density at radius 2 is 1.81 bits per heavy atom. The number of benzene rings is 1. The Morgan fingerprint density at radius 1 is 1.31 bits per heavy atom. The van der Waals surface area contributed by atoms with Gasteiger partial charge in [-0.3, -0.25) is 4.79 Å². The maximum absolute atomic E-state index is 10.9. The number of hydrogen-bond donors (Lipinski definition) is 2. The summed E-state index contributed by atoms with van der Waals surface area (Å²) < 4.78 is 31.7. The van der Waals surface area contributed by atoms with E-state index in [1.165, 1.54) is 12.1 Å². The second-order valence-electron chi connectivity index (χ2n) is 2.68. The van der Waals surface area contributed by atoms with Crippen LogP contribution in [0.1, 0.15) is 0 Å². The molecule has 0 spiro atoms. The second-order valence-corrected chi connectivity index (χ2v) is 4.38. The summed E-state index contributed by atoms with van der Waals surface area (Å²) in [6.07, 6.45) is 0. The molecule has 0 aliphatic rings. The topological polar surface area (TPSA) is 86.3 Å². The summed E-state index contributed by atoms with van der Waals surface area (Å²) in [6, 6.07) is 4.95. The van der Waals surface area contributed by atoms with Crippen LogP contribution < -0.4 is 56.7 Å². The molecule has 0 aliphatic heterocycles. The van der Waals surface area contributed by atoms with Crippen LogP contribution in [0.4, 0.5) is 5.69 Å². The smallest absolute Gasteiger partial charge is 0.744 e. The van der Waals surface area contributed by atoms with E-state index in [0.717, 1.165) is 12.1 Å². The second kappa shape index (κ2) is 7.12. The minimum absolute atomic E-state index is 0. The monoisotopic (exact) mass is 285 g/mol. The van der Waals surface area contributed by atoms with Crippen LogP contribution in [0.15, 0.2) is 29.2 Å². The molecule has 0 saturated heterocycles. The molecule has 82 valence electrons. The van der Waals surface area contributed by atoms with Gasteiger partial charge in [0.25, 0.3) is 0 Å². The average Bonchev–Trinajstić information content (AvgIpc) is 2.17. The SMILES string of the molecule is O=C(CS)Nc1ccc(S(=O)(=O)[O-])cc1.[K+]. The van der Waals surface area contributed by atoms with Crippen LogP contribution in [0.2, 0.25) is 0 Å². The van der Waals surface area contributed by atoms with Crippen molar-refractivity contribution >= 4 is 34.3 Å². The molecule has 0 saturated carbocycles. The van der Waals surface area contributed by atoms with Gasteiger partial charge in [0.2, 0.25) is 5.91 Å². The van der Waals surface area contributed by atoms with Crippen molar-refractivity contribution in [2.45, 2.75) is 4.90 Å². The molecule has 1 aromatic carbocycles. The van der Waals surface area contributed by atoms with Crippen LogP contribution in [0.5, 0.6) is 0 Å². The molecule has 1 rings (SSSR count). The van der Waals surface area contributed by atoms with Crippen molar-refractivity contribution in [2.75, 3.05) is 11.1 Å². The van der Waals surface area contributed by atoms with Crippen LogP contribution in [-0.2, 0) is 14.9 Å². The van der Waals surface area contributed by atoms with E-state index in [1.54, 1.807) is 0 Å².